The van der Waals surface area contributed by atoms with Gasteiger partial charge in [-0.1, -0.05) is 24.3 Å². The molecule has 3 aromatic rings. The van der Waals surface area contributed by atoms with E-state index in [-0.39, 0.29) is 35.7 Å². The van der Waals surface area contributed by atoms with E-state index in [0.717, 1.165) is 11.1 Å². The Balaban J connectivity index is 0.00000341. The van der Waals surface area contributed by atoms with E-state index in [9.17, 15) is 9.18 Å². The molecule has 1 aromatic heterocycles. The normalized spacial score (nSPS) is 10.9. The van der Waals surface area contributed by atoms with Crippen molar-refractivity contribution in [3.05, 3.63) is 95.2 Å². The van der Waals surface area contributed by atoms with E-state index in [1.165, 1.54) is 12.1 Å². The zero-order valence-corrected chi connectivity index (χ0v) is 19.8. The number of amides is 1. The summed E-state index contributed by atoms with van der Waals surface area (Å²) in [5, 5.41) is 6.12. The lowest BCUT2D eigenvalue weighted by Gasteiger charge is -2.22. The topological polar surface area (TPSA) is 69.9 Å². The van der Waals surface area contributed by atoms with Crippen molar-refractivity contribution < 1.29 is 13.6 Å². The second-order valence-electron chi connectivity index (χ2n) is 6.85. The van der Waals surface area contributed by atoms with E-state index in [2.05, 4.69) is 15.6 Å². The van der Waals surface area contributed by atoms with Gasteiger partial charge < -0.3 is 20.0 Å². The van der Waals surface area contributed by atoms with Gasteiger partial charge in [-0.2, -0.15) is 0 Å². The SMILES string of the molecule is CN=C(NCc1cccc(C(=O)NCc2ccco2)c1)N(C)Cc1cccc(F)c1.I. The maximum absolute atomic E-state index is 13.4. The van der Waals surface area contributed by atoms with Crippen LogP contribution in [-0.4, -0.2) is 30.9 Å². The largest absolute Gasteiger partial charge is 0.467 e. The molecule has 0 aliphatic heterocycles. The molecule has 0 unspecified atom stereocenters. The van der Waals surface area contributed by atoms with Crippen LogP contribution in [0.5, 0.6) is 0 Å². The van der Waals surface area contributed by atoms with Crippen LogP contribution in [0.2, 0.25) is 0 Å². The third-order valence-corrected chi connectivity index (χ3v) is 4.53. The number of furan rings is 1. The van der Waals surface area contributed by atoms with Gasteiger partial charge in [0.05, 0.1) is 12.8 Å². The minimum absolute atomic E-state index is 0. The number of benzene rings is 2. The molecule has 0 bridgehead atoms. The quantitative estimate of drug-likeness (QED) is 0.270. The van der Waals surface area contributed by atoms with Crippen molar-refractivity contribution in [3.8, 4) is 0 Å². The molecule has 0 saturated heterocycles. The van der Waals surface area contributed by atoms with Crippen molar-refractivity contribution in [1.29, 1.82) is 0 Å². The second kappa shape index (κ2) is 12.1. The van der Waals surface area contributed by atoms with Crippen molar-refractivity contribution in [2.45, 2.75) is 19.6 Å². The lowest BCUT2D eigenvalue weighted by Crippen LogP contribution is -2.38. The molecule has 164 valence electrons. The maximum atomic E-state index is 13.4. The van der Waals surface area contributed by atoms with Gasteiger partial charge in [-0.15, -0.1) is 24.0 Å². The molecule has 0 aliphatic rings. The summed E-state index contributed by atoms with van der Waals surface area (Å²) in [6, 6.07) is 17.5. The van der Waals surface area contributed by atoms with Gasteiger partial charge in [0, 0.05) is 32.7 Å². The number of hydrogen-bond acceptors (Lipinski definition) is 3. The van der Waals surface area contributed by atoms with Crippen LogP contribution in [0.1, 0.15) is 27.2 Å². The maximum Gasteiger partial charge on any atom is 0.251 e. The van der Waals surface area contributed by atoms with Crippen molar-refractivity contribution in [2.75, 3.05) is 14.1 Å². The number of nitrogens with one attached hydrogen (secondary N) is 2. The number of halogens is 2. The number of carbonyl (C=O) groups is 1. The van der Waals surface area contributed by atoms with Crippen LogP contribution in [0.25, 0.3) is 0 Å². The van der Waals surface area contributed by atoms with Gasteiger partial charge >= 0.3 is 0 Å². The first kappa shape index (κ1) is 24.4. The number of carbonyl (C=O) groups excluding carboxylic acids is 1. The van der Waals surface area contributed by atoms with Gasteiger partial charge in [-0.05, 0) is 47.5 Å². The molecule has 1 amide bonds. The minimum Gasteiger partial charge on any atom is -0.467 e. The summed E-state index contributed by atoms with van der Waals surface area (Å²) < 4.78 is 18.6. The van der Waals surface area contributed by atoms with Crippen molar-refractivity contribution >= 4 is 35.8 Å². The zero-order chi connectivity index (χ0) is 21.3. The Morgan fingerprint density at radius 3 is 2.52 bits per heavy atom. The summed E-state index contributed by atoms with van der Waals surface area (Å²) in [4.78, 5) is 18.6. The van der Waals surface area contributed by atoms with Crippen LogP contribution in [-0.2, 0) is 19.6 Å². The first-order valence-electron chi connectivity index (χ1n) is 9.61. The Morgan fingerprint density at radius 2 is 1.81 bits per heavy atom. The summed E-state index contributed by atoms with van der Waals surface area (Å²) in [7, 11) is 3.58. The summed E-state index contributed by atoms with van der Waals surface area (Å²) in [6.07, 6.45) is 1.58. The molecule has 1 heterocycles. The molecule has 6 nitrogen and oxygen atoms in total. The highest BCUT2D eigenvalue weighted by molar-refractivity contribution is 14.0. The van der Waals surface area contributed by atoms with Gasteiger partial charge in [0.1, 0.15) is 11.6 Å². The molecule has 0 atom stereocenters. The van der Waals surface area contributed by atoms with Crippen molar-refractivity contribution in [2.24, 2.45) is 4.99 Å². The molecule has 0 spiro atoms. The lowest BCUT2D eigenvalue weighted by atomic mass is 10.1. The van der Waals surface area contributed by atoms with Gasteiger partial charge in [0.2, 0.25) is 0 Å². The molecule has 0 saturated carbocycles. The predicted octanol–water partition coefficient (Wildman–Crippen LogP) is 4.17. The molecular weight excluding hydrogens is 510 g/mol. The monoisotopic (exact) mass is 536 g/mol. The summed E-state index contributed by atoms with van der Waals surface area (Å²) in [6.45, 7) is 1.36. The number of rotatable bonds is 7. The van der Waals surface area contributed by atoms with Crippen LogP contribution in [0.3, 0.4) is 0 Å². The third kappa shape index (κ3) is 7.39. The average molecular weight is 536 g/mol. The highest BCUT2D eigenvalue weighted by Crippen LogP contribution is 2.09. The summed E-state index contributed by atoms with van der Waals surface area (Å²) >= 11 is 0. The van der Waals surface area contributed by atoms with Crippen molar-refractivity contribution in [3.63, 3.8) is 0 Å². The average Bonchev–Trinajstić information content (AvgIpc) is 3.26. The number of aliphatic imine (C=N–C) groups is 1. The fraction of sp³-hybridized carbons (Fsp3) is 0.217. The zero-order valence-electron chi connectivity index (χ0n) is 17.5. The molecular formula is C23H26FIN4O2. The molecule has 31 heavy (non-hydrogen) atoms. The Bertz CT molecular complexity index is 1010. The third-order valence-electron chi connectivity index (χ3n) is 4.53. The van der Waals surface area contributed by atoms with E-state index in [0.29, 0.717) is 36.9 Å². The Hall–Kier alpha value is -2.88. The number of nitrogens with zero attached hydrogens (tertiary/aromatic N) is 2. The summed E-state index contributed by atoms with van der Waals surface area (Å²) in [5.41, 5.74) is 2.38. The van der Waals surface area contributed by atoms with Crippen LogP contribution < -0.4 is 10.6 Å². The number of guanidine groups is 1. The summed E-state index contributed by atoms with van der Waals surface area (Å²) in [5.74, 6) is 0.949. The van der Waals surface area contributed by atoms with Crippen LogP contribution in [0.15, 0.2) is 76.3 Å². The van der Waals surface area contributed by atoms with Crippen molar-refractivity contribution in [1.82, 2.24) is 15.5 Å². The number of hydrogen-bond donors (Lipinski definition) is 2. The van der Waals surface area contributed by atoms with Gasteiger partial charge in [-0.3, -0.25) is 9.79 Å². The van der Waals surface area contributed by atoms with E-state index in [1.54, 1.807) is 31.5 Å². The molecule has 2 N–H and O–H groups in total. The minimum atomic E-state index is -0.258. The highest BCUT2D eigenvalue weighted by Gasteiger charge is 2.10. The Morgan fingerprint density at radius 1 is 1.03 bits per heavy atom. The van der Waals surface area contributed by atoms with Gasteiger partial charge in [0.15, 0.2) is 5.96 Å². The highest BCUT2D eigenvalue weighted by atomic mass is 127. The molecule has 0 aliphatic carbocycles. The fourth-order valence-corrected chi connectivity index (χ4v) is 3.06. The van der Waals surface area contributed by atoms with E-state index in [1.807, 2.05) is 42.3 Å². The molecule has 8 heteroatoms. The van der Waals surface area contributed by atoms with E-state index in [4.69, 9.17) is 4.42 Å². The lowest BCUT2D eigenvalue weighted by molar-refractivity contribution is 0.0948. The van der Waals surface area contributed by atoms with Gasteiger partial charge in [0.25, 0.3) is 5.91 Å². The fourth-order valence-electron chi connectivity index (χ4n) is 3.06. The van der Waals surface area contributed by atoms with Crippen LogP contribution >= 0.6 is 24.0 Å². The first-order valence-corrected chi connectivity index (χ1v) is 9.61. The van der Waals surface area contributed by atoms with Crippen LogP contribution in [0.4, 0.5) is 4.39 Å². The molecule has 0 fully saturated rings. The molecule has 0 radical (unpaired) electrons. The molecule has 2 aromatic carbocycles. The first-order chi connectivity index (χ1) is 14.5. The Kier molecular flexibility index (Phi) is 9.51. The van der Waals surface area contributed by atoms with Gasteiger partial charge in [-0.25, -0.2) is 4.39 Å². The molecule has 3 rings (SSSR count). The van der Waals surface area contributed by atoms with Crippen LogP contribution in [0, 0.1) is 5.82 Å². The predicted molar refractivity (Wildman–Crippen MR) is 130 cm³/mol. The Labute approximate surface area is 198 Å². The second-order valence-corrected chi connectivity index (χ2v) is 6.85. The van der Waals surface area contributed by atoms with E-state index >= 15 is 0 Å². The standard InChI is InChI=1S/C23H25FN4O2.HI/c1-25-23(28(2)16-18-7-4-9-20(24)13-18)27-14-17-6-3-8-19(12-17)22(29)26-15-21-10-5-11-30-21;/h3-13H,14-16H2,1-2H3,(H,25,27)(H,26,29);1H. The van der Waals surface area contributed by atoms with E-state index < -0.39 is 0 Å². The smallest absolute Gasteiger partial charge is 0.251 e.